The fourth-order valence-electron chi connectivity index (χ4n) is 3.85. The maximum Gasteiger partial charge on any atom is 0.167 e. The van der Waals surface area contributed by atoms with Crippen LogP contribution in [0, 0.1) is 24.4 Å². The van der Waals surface area contributed by atoms with Crippen molar-refractivity contribution in [3.8, 4) is 28.0 Å². The van der Waals surface area contributed by atoms with Crippen molar-refractivity contribution in [2.24, 2.45) is 0 Å². The second-order valence-corrected chi connectivity index (χ2v) is 8.57. The van der Waals surface area contributed by atoms with Gasteiger partial charge in [0.25, 0.3) is 0 Å². The van der Waals surface area contributed by atoms with Crippen LogP contribution in [0.5, 0.6) is 5.75 Å². The Balaban J connectivity index is 1.46. The van der Waals surface area contributed by atoms with E-state index in [1.165, 1.54) is 12.1 Å². The second kappa shape index (κ2) is 11.6. The second-order valence-electron chi connectivity index (χ2n) is 8.57. The highest BCUT2D eigenvalue weighted by atomic mass is 19.2. The minimum atomic E-state index is -0.894. The van der Waals surface area contributed by atoms with Crippen molar-refractivity contribution in [2.75, 3.05) is 6.61 Å². The van der Waals surface area contributed by atoms with E-state index in [9.17, 15) is 13.2 Å². The number of unbranched alkanes of at least 4 members (excludes halogenated alkanes) is 1. The molecule has 4 rings (SSSR count). The maximum atomic E-state index is 14.7. The van der Waals surface area contributed by atoms with Crippen LogP contribution in [0.25, 0.3) is 34.4 Å². The molecule has 0 fully saturated rings. The van der Waals surface area contributed by atoms with Crippen LogP contribution in [0.1, 0.15) is 29.5 Å². The maximum absolute atomic E-state index is 14.7. The zero-order chi connectivity index (χ0) is 25.5. The molecule has 4 aromatic carbocycles. The minimum Gasteiger partial charge on any atom is -0.493 e. The van der Waals surface area contributed by atoms with Crippen LogP contribution in [0.2, 0.25) is 0 Å². The largest absolute Gasteiger partial charge is 0.493 e. The molecule has 0 aliphatic carbocycles. The van der Waals surface area contributed by atoms with Gasteiger partial charge in [0.1, 0.15) is 11.6 Å². The predicted molar refractivity (Wildman–Crippen MR) is 142 cm³/mol. The Morgan fingerprint density at radius 2 is 1.42 bits per heavy atom. The molecule has 4 heteroatoms. The summed E-state index contributed by atoms with van der Waals surface area (Å²) in [5.74, 6) is -1.65. The summed E-state index contributed by atoms with van der Waals surface area (Å²) in [5, 5.41) is 0. The molecule has 0 unspecified atom stereocenters. The van der Waals surface area contributed by atoms with Gasteiger partial charge in [0.05, 0.1) is 6.61 Å². The Labute approximate surface area is 210 Å². The van der Waals surface area contributed by atoms with Gasteiger partial charge in [-0.05, 0) is 48.6 Å². The van der Waals surface area contributed by atoms with E-state index in [1.807, 2.05) is 25.1 Å². The zero-order valence-corrected chi connectivity index (χ0v) is 20.1. The van der Waals surface area contributed by atoms with Crippen LogP contribution < -0.4 is 4.74 Å². The summed E-state index contributed by atoms with van der Waals surface area (Å²) in [6, 6.07) is 22.4. The molecule has 0 atom stereocenters. The van der Waals surface area contributed by atoms with Gasteiger partial charge in [-0.15, -0.1) is 6.58 Å². The fourth-order valence-corrected chi connectivity index (χ4v) is 3.85. The summed E-state index contributed by atoms with van der Waals surface area (Å²) in [6.07, 6.45) is 6.73. The van der Waals surface area contributed by atoms with E-state index in [0.717, 1.165) is 24.0 Å². The molecule has 0 N–H and O–H groups in total. The minimum absolute atomic E-state index is 0.155. The number of hydrogen-bond acceptors (Lipinski definition) is 1. The topological polar surface area (TPSA) is 9.23 Å². The van der Waals surface area contributed by atoms with Crippen molar-refractivity contribution < 1.29 is 17.9 Å². The lowest BCUT2D eigenvalue weighted by atomic mass is 10.0. The standard InChI is InChI=1S/C32H27F3O/c1-3-4-5-20-36-27-17-19-28(30(33)21-27)24-13-8-23(9-14-24)10-15-26-16-18-29(32(35)31(26)34)25-11-6-22(2)7-12-25/h3,6-19,21H,1,4-5,20H2,2H3/b15-10+. The number of rotatable bonds is 9. The number of benzene rings is 4. The first kappa shape index (κ1) is 25.1. The van der Waals surface area contributed by atoms with Crippen LogP contribution in [-0.4, -0.2) is 6.61 Å². The Kier molecular flexibility index (Phi) is 8.06. The molecule has 0 radical (unpaired) electrons. The smallest absolute Gasteiger partial charge is 0.167 e. The number of aryl methyl sites for hydroxylation is 1. The van der Waals surface area contributed by atoms with E-state index in [4.69, 9.17) is 4.74 Å². The molecule has 1 nitrogen and oxygen atoms in total. The van der Waals surface area contributed by atoms with Gasteiger partial charge in [0.15, 0.2) is 11.6 Å². The first-order valence-corrected chi connectivity index (χ1v) is 11.8. The van der Waals surface area contributed by atoms with Crippen molar-refractivity contribution in [1.29, 1.82) is 0 Å². The van der Waals surface area contributed by atoms with E-state index in [2.05, 4.69) is 6.58 Å². The Hall–Kier alpha value is -4.05. The molecule has 4 aromatic rings. The summed E-state index contributed by atoms with van der Waals surface area (Å²) >= 11 is 0. The van der Waals surface area contributed by atoms with Crippen LogP contribution in [0.3, 0.4) is 0 Å². The number of ether oxygens (including phenoxy) is 1. The van der Waals surface area contributed by atoms with E-state index in [1.54, 1.807) is 66.7 Å². The number of hydrogen-bond donors (Lipinski definition) is 0. The highest BCUT2D eigenvalue weighted by Crippen LogP contribution is 2.29. The molecule has 0 bridgehead atoms. The lowest BCUT2D eigenvalue weighted by Gasteiger charge is -2.09. The quantitative estimate of drug-likeness (QED) is 0.131. The molecule has 0 aliphatic rings. The van der Waals surface area contributed by atoms with Crippen LogP contribution >= 0.6 is 0 Å². The van der Waals surface area contributed by atoms with Crippen LogP contribution in [0.15, 0.2) is 91.5 Å². The van der Waals surface area contributed by atoms with Crippen LogP contribution in [-0.2, 0) is 0 Å². The van der Waals surface area contributed by atoms with Crippen molar-refractivity contribution >= 4 is 12.2 Å². The molecule has 36 heavy (non-hydrogen) atoms. The number of allylic oxidation sites excluding steroid dienone is 1. The molecular weight excluding hydrogens is 457 g/mol. The molecule has 0 heterocycles. The third-order valence-electron chi connectivity index (χ3n) is 5.91. The van der Waals surface area contributed by atoms with Crippen molar-refractivity contribution in [1.82, 2.24) is 0 Å². The molecule has 0 saturated heterocycles. The Bertz CT molecular complexity index is 1370. The highest BCUT2D eigenvalue weighted by molar-refractivity contribution is 5.74. The van der Waals surface area contributed by atoms with Gasteiger partial charge in [0, 0.05) is 22.8 Å². The molecule has 0 spiro atoms. The average Bonchev–Trinajstić information content (AvgIpc) is 2.89. The molecular formula is C32H27F3O. The summed E-state index contributed by atoms with van der Waals surface area (Å²) in [5.41, 5.74) is 4.01. The third kappa shape index (κ3) is 5.95. The lowest BCUT2D eigenvalue weighted by Crippen LogP contribution is -1.97. The molecule has 0 aromatic heterocycles. The molecule has 182 valence electrons. The summed E-state index contributed by atoms with van der Waals surface area (Å²) in [7, 11) is 0. The monoisotopic (exact) mass is 484 g/mol. The van der Waals surface area contributed by atoms with E-state index < -0.39 is 11.6 Å². The lowest BCUT2D eigenvalue weighted by molar-refractivity contribution is 0.310. The fraction of sp³-hybridized carbons (Fsp3) is 0.125. The van der Waals surface area contributed by atoms with Crippen molar-refractivity contribution in [3.63, 3.8) is 0 Å². The highest BCUT2D eigenvalue weighted by Gasteiger charge is 2.13. The SMILES string of the molecule is C=CCCCOc1ccc(-c2ccc(/C=C/c3ccc(-c4ccc(C)cc4)c(F)c3F)cc2)c(F)c1. The van der Waals surface area contributed by atoms with Crippen LogP contribution in [0.4, 0.5) is 13.2 Å². The first-order valence-electron chi connectivity index (χ1n) is 11.8. The third-order valence-corrected chi connectivity index (χ3v) is 5.91. The summed E-state index contributed by atoms with van der Waals surface area (Å²) in [6.45, 7) is 6.11. The zero-order valence-electron chi connectivity index (χ0n) is 20.1. The first-order chi connectivity index (χ1) is 17.5. The van der Waals surface area contributed by atoms with Crippen molar-refractivity contribution in [2.45, 2.75) is 19.8 Å². The van der Waals surface area contributed by atoms with Gasteiger partial charge in [0.2, 0.25) is 0 Å². The van der Waals surface area contributed by atoms with Gasteiger partial charge in [-0.3, -0.25) is 0 Å². The molecule has 0 saturated carbocycles. The van der Waals surface area contributed by atoms with Gasteiger partial charge < -0.3 is 4.74 Å². The van der Waals surface area contributed by atoms with E-state index in [-0.39, 0.29) is 16.9 Å². The van der Waals surface area contributed by atoms with Gasteiger partial charge >= 0.3 is 0 Å². The number of halogens is 3. The molecule has 0 aliphatic heterocycles. The van der Waals surface area contributed by atoms with Crippen molar-refractivity contribution in [3.05, 3.63) is 126 Å². The Morgan fingerprint density at radius 1 is 0.750 bits per heavy atom. The normalized spacial score (nSPS) is 11.1. The summed E-state index contributed by atoms with van der Waals surface area (Å²) < 4.78 is 49.7. The van der Waals surface area contributed by atoms with Gasteiger partial charge in [-0.2, -0.15) is 0 Å². The average molecular weight is 485 g/mol. The van der Waals surface area contributed by atoms with Gasteiger partial charge in [-0.25, -0.2) is 13.2 Å². The molecule has 0 amide bonds. The summed E-state index contributed by atoms with van der Waals surface area (Å²) in [4.78, 5) is 0. The van der Waals surface area contributed by atoms with Gasteiger partial charge in [-0.1, -0.05) is 84.5 Å². The Morgan fingerprint density at radius 3 is 2.11 bits per heavy atom. The predicted octanol–water partition coefficient (Wildman–Crippen LogP) is 9.26. The van der Waals surface area contributed by atoms with E-state index in [0.29, 0.717) is 29.0 Å². The van der Waals surface area contributed by atoms with E-state index >= 15 is 0 Å².